The average molecular weight is 374 g/mol. The van der Waals surface area contributed by atoms with E-state index in [0.717, 1.165) is 30.9 Å². The molecule has 5 nitrogen and oxygen atoms in total. The molecular weight excluding hydrogens is 348 g/mol. The summed E-state index contributed by atoms with van der Waals surface area (Å²) >= 11 is 0. The summed E-state index contributed by atoms with van der Waals surface area (Å²) in [6, 6.07) is 20.3. The minimum Gasteiger partial charge on any atom is -0.351 e. The van der Waals surface area contributed by atoms with Gasteiger partial charge in [-0.15, -0.1) is 0 Å². The quantitative estimate of drug-likeness (QED) is 0.692. The molecule has 4 rings (SSSR count). The Labute approximate surface area is 165 Å². The van der Waals surface area contributed by atoms with Crippen LogP contribution >= 0.6 is 0 Å². The molecule has 1 amide bonds. The highest BCUT2D eigenvalue weighted by Crippen LogP contribution is 2.26. The molecule has 28 heavy (non-hydrogen) atoms. The van der Waals surface area contributed by atoms with Crippen molar-refractivity contribution in [2.24, 2.45) is 0 Å². The fraction of sp³-hybridized carbons (Fsp3) is 0.304. The SMILES string of the molecule is O=C(NCCN1CCC[C@@H](c2ccccc2)C1)c1ccc(-c2ccn[nH]2)cc1. The zero-order valence-electron chi connectivity index (χ0n) is 16.0. The molecule has 3 aromatic rings. The summed E-state index contributed by atoms with van der Waals surface area (Å²) in [5, 5.41) is 9.94. The maximum Gasteiger partial charge on any atom is 0.251 e. The van der Waals surface area contributed by atoms with Gasteiger partial charge in [0.15, 0.2) is 0 Å². The Kier molecular flexibility index (Phi) is 5.83. The van der Waals surface area contributed by atoms with Crippen molar-refractivity contribution >= 4 is 5.91 Å². The number of nitrogens with one attached hydrogen (secondary N) is 2. The molecule has 0 radical (unpaired) electrons. The Hall–Kier alpha value is -2.92. The molecule has 0 spiro atoms. The van der Waals surface area contributed by atoms with E-state index >= 15 is 0 Å². The monoisotopic (exact) mass is 374 g/mol. The van der Waals surface area contributed by atoms with E-state index in [1.807, 2.05) is 30.3 Å². The molecule has 0 bridgehead atoms. The summed E-state index contributed by atoms with van der Waals surface area (Å²) in [6.45, 7) is 3.74. The van der Waals surface area contributed by atoms with E-state index in [-0.39, 0.29) is 5.91 Å². The number of carbonyl (C=O) groups is 1. The number of benzene rings is 2. The van der Waals surface area contributed by atoms with Crippen molar-refractivity contribution in [2.45, 2.75) is 18.8 Å². The normalized spacial score (nSPS) is 17.4. The number of likely N-dealkylation sites (tertiary alicyclic amines) is 1. The Morgan fingerprint density at radius 1 is 1.11 bits per heavy atom. The Morgan fingerprint density at radius 2 is 1.93 bits per heavy atom. The molecule has 2 N–H and O–H groups in total. The summed E-state index contributed by atoms with van der Waals surface area (Å²) in [6.07, 6.45) is 4.18. The van der Waals surface area contributed by atoms with Gasteiger partial charge in [-0.05, 0) is 54.6 Å². The lowest BCUT2D eigenvalue weighted by molar-refractivity contribution is 0.0945. The van der Waals surface area contributed by atoms with Gasteiger partial charge in [0.25, 0.3) is 5.91 Å². The number of amides is 1. The van der Waals surface area contributed by atoms with E-state index in [2.05, 4.69) is 50.7 Å². The van der Waals surface area contributed by atoms with Crippen molar-refractivity contribution in [3.63, 3.8) is 0 Å². The molecule has 2 heterocycles. The predicted molar refractivity (Wildman–Crippen MR) is 111 cm³/mol. The van der Waals surface area contributed by atoms with Crippen molar-refractivity contribution in [3.8, 4) is 11.3 Å². The second-order valence-electron chi connectivity index (χ2n) is 7.35. The summed E-state index contributed by atoms with van der Waals surface area (Å²) in [7, 11) is 0. The first-order valence-corrected chi connectivity index (χ1v) is 9.95. The van der Waals surface area contributed by atoms with Gasteiger partial charge in [-0.3, -0.25) is 9.89 Å². The highest BCUT2D eigenvalue weighted by molar-refractivity contribution is 5.94. The number of piperidine rings is 1. The lowest BCUT2D eigenvalue weighted by atomic mass is 9.91. The summed E-state index contributed by atoms with van der Waals surface area (Å²) in [5.74, 6) is 0.577. The predicted octanol–water partition coefficient (Wildman–Crippen LogP) is 3.69. The zero-order valence-corrected chi connectivity index (χ0v) is 16.0. The first-order chi connectivity index (χ1) is 13.8. The van der Waals surface area contributed by atoms with Gasteiger partial charge >= 0.3 is 0 Å². The number of aromatic amines is 1. The van der Waals surface area contributed by atoms with Crippen molar-refractivity contribution < 1.29 is 4.79 Å². The molecule has 1 fully saturated rings. The van der Waals surface area contributed by atoms with Gasteiger partial charge in [0.05, 0.1) is 5.69 Å². The van der Waals surface area contributed by atoms with Crippen molar-refractivity contribution in [3.05, 3.63) is 78.0 Å². The van der Waals surface area contributed by atoms with E-state index < -0.39 is 0 Å². The number of aromatic nitrogens is 2. The van der Waals surface area contributed by atoms with E-state index in [1.54, 1.807) is 6.20 Å². The molecule has 5 heteroatoms. The van der Waals surface area contributed by atoms with Crippen LogP contribution in [0.1, 0.15) is 34.7 Å². The molecule has 0 unspecified atom stereocenters. The molecule has 1 aliphatic rings. The average Bonchev–Trinajstić information content (AvgIpc) is 3.30. The van der Waals surface area contributed by atoms with Crippen LogP contribution in [-0.2, 0) is 0 Å². The number of hydrogen-bond donors (Lipinski definition) is 2. The van der Waals surface area contributed by atoms with E-state index in [0.29, 0.717) is 18.0 Å². The van der Waals surface area contributed by atoms with Gasteiger partial charge in [0, 0.05) is 31.4 Å². The molecule has 1 atom stereocenters. The largest absolute Gasteiger partial charge is 0.351 e. The van der Waals surface area contributed by atoms with E-state index in [4.69, 9.17) is 0 Å². The van der Waals surface area contributed by atoms with Gasteiger partial charge in [-0.25, -0.2) is 0 Å². The molecule has 1 saturated heterocycles. The molecule has 1 aromatic heterocycles. The van der Waals surface area contributed by atoms with Gasteiger partial charge in [-0.2, -0.15) is 5.10 Å². The maximum absolute atomic E-state index is 12.4. The summed E-state index contributed by atoms with van der Waals surface area (Å²) < 4.78 is 0. The van der Waals surface area contributed by atoms with Gasteiger partial charge in [-0.1, -0.05) is 42.5 Å². The minimum atomic E-state index is -0.0206. The van der Waals surface area contributed by atoms with Crippen molar-refractivity contribution in [2.75, 3.05) is 26.2 Å². The number of rotatable bonds is 6. The van der Waals surface area contributed by atoms with E-state index in [9.17, 15) is 4.79 Å². The molecule has 0 saturated carbocycles. The Bertz CT molecular complexity index is 875. The van der Waals surface area contributed by atoms with Gasteiger partial charge in [0.2, 0.25) is 0 Å². The summed E-state index contributed by atoms with van der Waals surface area (Å²) in [5.41, 5.74) is 4.08. The summed E-state index contributed by atoms with van der Waals surface area (Å²) in [4.78, 5) is 14.9. The van der Waals surface area contributed by atoms with Crippen LogP contribution in [-0.4, -0.2) is 47.2 Å². The molecule has 144 valence electrons. The second kappa shape index (κ2) is 8.85. The standard InChI is InChI=1S/C23H26N4O/c28-23(20-10-8-19(9-11-20)22-12-13-25-26-22)24-14-16-27-15-4-7-21(17-27)18-5-2-1-3-6-18/h1-3,5-6,8-13,21H,4,7,14-17H2,(H,24,28)(H,25,26)/t21-/m1/s1. The van der Waals surface area contributed by atoms with E-state index in [1.165, 1.54) is 18.4 Å². The van der Waals surface area contributed by atoms with Crippen LogP contribution in [0.2, 0.25) is 0 Å². The number of hydrogen-bond acceptors (Lipinski definition) is 3. The van der Waals surface area contributed by atoms with Crippen LogP contribution in [0.25, 0.3) is 11.3 Å². The van der Waals surface area contributed by atoms with Crippen LogP contribution in [0.15, 0.2) is 66.9 Å². The third-order valence-corrected chi connectivity index (χ3v) is 5.45. The van der Waals surface area contributed by atoms with Gasteiger partial charge in [0.1, 0.15) is 0 Å². The number of nitrogens with zero attached hydrogens (tertiary/aromatic N) is 2. The maximum atomic E-state index is 12.4. The third-order valence-electron chi connectivity index (χ3n) is 5.45. The number of H-pyrrole nitrogens is 1. The molecular formula is C23H26N4O. The lowest BCUT2D eigenvalue weighted by Gasteiger charge is -2.33. The Balaban J connectivity index is 1.26. The van der Waals surface area contributed by atoms with Crippen molar-refractivity contribution in [1.29, 1.82) is 0 Å². The fourth-order valence-corrected chi connectivity index (χ4v) is 3.90. The van der Waals surface area contributed by atoms with Crippen LogP contribution in [0.5, 0.6) is 0 Å². The molecule has 2 aromatic carbocycles. The van der Waals surface area contributed by atoms with Crippen LogP contribution < -0.4 is 5.32 Å². The highest BCUT2D eigenvalue weighted by Gasteiger charge is 2.20. The number of carbonyl (C=O) groups excluding carboxylic acids is 1. The zero-order chi connectivity index (χ0) is 19.2. The van der Waals surface area contributed by atoms with Gasteiger partial charge < -0.3 is 10.2 Å². The lowest BCUT2D eigenvalue weighted by Crippen LogP contribution is -2.40. The third kappa shape index (κ3) is 4.49. The second-order valence-corrected chi connectivity index (χ2v) is 7.35. The molecule has 0 aliphatic carbocycles. The first-order valence-electron chi connectivity index (χ1n) is 9.95. The van der Waals surface area contributed by atoms with Crippen LogP contribution in [0.3, 0.4) is 0 Å². The molecule has 1 aliphatic heterocycles. The topological polar surface area (TPSA) is 61.0 Å². The van der Waals surface area contributed by atoms with Crippen LogP contribution in [0.4, 0.5) is 0 Å². The Morgan fingerprint density at radius 3 is 2.68 bits per heavy atom. The van der Waals surface area contributed by atoms with Crippen molar-refractivity contribution in [1.82, 2.24) is 20.4 Å². The smallest absolute Gasteiger partial charge is 0.251 e. The highest BCUT2D eigenvalue weighted by atomic mass is 16.1. The first kappa shape index (κ1) is 18.4. The van der Waals surface area contributed by atoms with Crippen LogP contribution in [0, 0.1) is 0 Å². The fourth-order valence-electron chi connectivity index (χ4n) is 3.90. The minimum absolute atomic E-state index is 0.0206.